The minimum Gasteiger partial charge on any atom is -0.313 e. The highest BCUT2D eigenvalue weighted by molar-refractivity contribution is 7.91. The highest BCUT2D eigenvalue weighted by Gasteiger charge is 2.26. The molecule has 2 rings (SSSR count). The van der Waals surface area contributed by atoms with Gasteiger partial charge in [-0.15, -0.1) is 11.3 Å². The fourth-order valence-corrected chi connectivity index (χ4v) is 4.79. The third kappa shape index (κ3) is 4.26. The molecule has 5 nitrogen and oxygen atoms in total. The number of likely N-dealkylation sites (N-methyl/N-ethyl adjacent to an activating group) is 1. The number of nitrogens with one attached hydrogen (secondary N) is 2. The van der Waals surface area contributed by atoms with E-state index < -0.39 is 10.0 Å². The van der Waals surface area contributed by atoms with E-state index in [1.807, 2.05) is 12.4 Å². The Labute approximate surface area is 125 Å². The number of likely N-dealkylation sites (tertiary alicyclic amines) is 1. The molecule has 7 heteroatoms. The van der Waals surface area contributed by atoms with E-state index in [0.717, 1.165) is 44.6 Å². The van der Waals surface area contributed by atoms with E-state index in [0.29, 0.717) is 4.21 Å². The van der Waals surface area contributed by atoms with Crippen LogP contribution in [0.3, 0.4) is 0 Å². The molecule has 0 aliphatic carbocycles. The third-order valence-electron chi connectivity index (χ3n) is 3.36. The topological polar surface area (TPSA) is 61.4 Å². The monoisotopic (exact) mass is 317 g/mol. The summed E-state index contributed by atoms with van der Waals surface area (Å²) >= 11 is 1.29. The summed E-state index contributed by atoms with van der Waals surface area (Å²) in [4.78, 5) is 2.14. The van der Waals surface area contributed by atoms with Gasteiger partial charge < -0.3 is 10.2 Å². The molecule has 1 saturated heterocycles. The van der Waals surface area contributed by atoms with Gasteiger partial charge in [0.15, 0.2) is 0 Å². The standard InChI is InChI=1S/C13H23N3O2S2/c1-3-5-14-8-11-7-13(19-10-11)20(17,18)15-12-4-6-16(2)9-12/h7,10,12,14-15H,3-6,8-9H2,1-2H3. The van der Waals surface area contributed by atoms with Crippen molar-refractivity contribution in [2.45, 2.75) is 36.6 Å². The molecule has 20 heavy (non-hydrogen) atoms. The minimum absolute atomic E-state index is 0.0359. The van der Waals surface area contributed by atoms with Gasteiger partial charge in [0.1, 0.15) is 4.21 Å². The van der Waals surface area contributed by atoms with Gasteiger partial charge in [0, 0.05) is 19.1 Å². The van der Waals surface area contributed by atoms with Crippen molar-refractivity contribution in [3.05, 3.63) is 17.0 Å². The maximum absolute atomic E-state index is 12.3. The smallest absolute Gasteiger partial charge is 0.250 e. The average Bonchev–Trinajstić information content (AvgIpc) is 2.99. The molecule has 1 aromatic rings. The van der Waals surface area contributed by atoms with Gasteiger partial charge in [-0.1, -0.05) is 6.92 Å². The van der Waals surface area contributed by atoms with Crippen molar-refractivity contribution in [2.24, 2.45) is 0 Å². The van der Waals surface area contributed by atoms with Gasteiger partial charge in [-0.2, -0.15) is 0 Å². The molecule has 1 aromatic heterocycles. The van der Waals surface area contributed by atoms with E-state index in [2.05, 4.69) is 21.9 Å². The van der Waals surface area contributed by atoms with E-state index in [9.17, 15) is 8.42 Å². The summed E-state index contributed by atoms with van der Waals surface area (Å²) in [5.41, 5.74) is 1.03. The van der Waals surface area contributed by atoms with Crippen LogP contribution in [0.1, 0.15) is 25.3 Å². The van der Waals surface area contributed by atoms with Gasteiger partial charge in [-0.3, -0.25) is 0 Å². The molecule has 0 bridgehead atoms. The molecule has 0 spiro atoms. The van der Waals surface area contributed by atoms with E-state index >= 15 is 0 Å². The number of sulfonamides is 1. The Morgan fingerprint density at radius 3 is 2.95 bits per heavy atom. The number of rotatable bonds is 7. The maximum atomic E-state index is 12.3. The maximum Gasteiger partial charge on any atom is 0.250 e. The molecule has 0 amide bonds. The van der Waals surface area contributed by atoms with Crippen LogP contribution in [0.25, 0.3) is 0 Å². The number of hydrogen-bond acceptors (Lipinski definition) is 5. The van der Waals surface area contributed by atoms with Crippen LogP contribution in [0.15, 0.2) is 15.7 Å². The second-order valence-electron chi connectivity index (χ2n) is 5.32. The molecule has 2 heterocycles. The molecule has 1 atom stereocenters. The number of hydrogen-bond donors (Lipinski definition) is 2. The molecule has 0 aromatic carbocycles. The van der Waals surface area contributed by atoms with Gasteiger partial charge >= 0.3 is 0 Å². The summed E-state index contributed by atoms with van der Waals surface area (Å²) in [5, 5.41) is 5.19. The largest absolute Gasteiger partial charge is 0.313 e. The lowest BCUT2D eigenvalue weighted by molar-refractivity contribution is 0.407. The Bertz CT molecular complexity index is 527. The average molecular weight is 317 g/mol. The summed E-state index contributed by atoms with van der Waals surface area (Å²) in [5.74, 6) is 0. The second-order valence-corrected chi connectivity index (χ2v) is 8.17. The molecule has 114 valence electrons. The molecule has 2 N–H and O–H groups in total. The predicted molar refractivity (Wildman–Crippen MR) is 82.5 cm³/mol. The van der Waals surface area contributed by atoms with Gasteiger partial charge in [0.25, 0.3) is 0 Å². The summed E-state index contributed by atoms with van der Waals surface area (Å²) in [6, 6.07) is 1.81. The van der Waals surface area contributed by atoms with Crippen molar-refractivity contribution in [3.63, 3.8) is 0 Å². The lowest BCUT2D eigenvalue weighted by Gasteiger charge is -2.12. The number of nitrogens with zero attached hydrogens (tertiary/aromatic N) is 1. The Morgan fingerprint density at radius 1 is 1.50 bits per heavy atom. The van der Waals surface area contributed by atoms with Crippen molar-refractivity contribution in [1.82, 2.24) is 14.9 Å². The molecular formula is C13H23N3O2S2. The van der Waals surface area contributed by atoms with Crippen LogP contribution in [0.5, 0.6) is 0 Å². The summed E-state index contributed by atoms with van der Waals surface area (Å²) in [6.07, 6.45) is 1.96. The van der Waals surface area contributed by atoms with E-state index in [1.165, 1.54) is 11.3 Å². The van der Waals surface area contributed by atoms with Gasteiger partial charge in [0.2, 0.25) is 10.0 Å². The molecule has 1 aliphatic rings. The second kappa shape index (κ2) is 7.00. The van der Waals surface area contributed by atoms with Crippen molar-refractivity contribution < 1.29 is 8.42 Å². The summed E-state index contributed by atoms with van der Waals surface area (Å²) in [6.45, 7) is 5.52. The lowest BCUT2D eigenvalue weighted by atomic mass is 10.3. The molecule has 1 aliphatic heterocycles. The first-order valence-corrected chi connectivity index (χ1v) is 9.36. The van der Waals surface area contributed by atoms with Gasteiger partial charge in [0.05, 0.1) is 0 Å². The molecule has 0 saturated carbocycles. The van der Waals surface area contributed by atoms with Crippen LogP contribution >= 0.6 is 11.3 Å². The first-order chi connectivity index (χ1) is 9.51. The predicted octanol–water partition coefficient (Wildman–Crippen LogP) is 1.23. The van der Waals surface area contributed by atoms with Gasteiger partial charge in [-0.25, -0.2) is 13.1 Å². The highest BCUT2D eigenvalue weighted by atomic mass is 32.2. The van der Waals surface area contributed by atoms with E-state index in [4.69, 9.17) is 0 Å². The van der Waals surface area contributed by atoms with Crippen molar-refractivity contribution >= 4 is 21.4 Å². The van der Waals surface area contributed by atoms with Crippen LogP contribution in [0, 0.1) is 0 Å². The summed E-state index contributed by atoms with van der Waals surface area (Å²) < 4.78 is 27.8. The zero-order valence-corrected chi connectivity index (χ0v) is 13.7. The van der Waals surface area contributed by atoms with Crippen molar-refractivity contribution in [3.8, 4) is 0 Å². The van der Waals surface area contributed by atoms with E-state index in [1.54, 1.807) is 6.07 Å². The van der Waals surface area contributed by atoms with Crippen LogP contribution in [-0.2, 0) is 16.6 Å². The minimum atomic E-state index is -3.36. The molecular weight excluding hydrogens is 294 g/mol. The zero-order valence-electron chi connectivity index (χ0n) is 12.1. The molecule has 1 fully saturated rings. The Hall–Kier alpha value is -0.470. The SMILES string of the molecule is CCCNCc1csc(S(=O)(=O)NC2CCN(C)C2)c1. The Morgan fingerprint density at radius 2 is 2.30 bits per heavy atom. The van der Waals surface area contributed by atoms with Crippen LogP contribution in [0.2, 0.25) is 0 Å². The Kier molecular flexibility index (Phi) is 5.57. The fraction of sp³-hybridized carbons (Fsp3) is 0.692. The van der Waals surface area contributed by atoms with Crippen LogP contribution < -0.4 is 10.0 Å². The van der Waals surface area contributed by atoms with Crippen LogP contribution in [0.4, 0.5) is 0 Å². The fourth-order valence-electron chi connectivity index (χ4n) is 2.31. The van der Waals surface area contributed by atoms with Crippen molar-refractivity contribution in [2.75, 3.05) is 26.7 Å². The van der Waals surface area contributed by atoms with Crippen molar-refractivity contribution in [1.29, 1.82) is 0 Å². The molecule has 0 radical (unpaired) electrons. The lowest BCUT2D eigenvalue weighted by Crippen LogP contribution is -2.36. The van der Waals surface area contributed by atoms with Gasteiger partial charge in [-0.05, 0) is 50.0 Å². The number of thiophene rings is 1. The third-order valence-corrected chi connectivity index (χ3v) is 6.37. The first-order valence-electron chi connectivity index (χ1n) is 7.00. The first kappa shape index (κ1) is 15.9. The zero-order chi connectivity index (χ0) is 14.6. The molecule has 1 unspecified atom stereocenters. The highest BCUT2D eigenvalue weighted by Crippen LogP contribution is 2.21. The summed E-state index contributed by atoms with van der Waals surface area (Å²) in [7, 11) is -1.35. The quantitative estimate of drug-likeness (QED) is 0.743. The van der Waals surface area contributed by atoms with E-state index in [-0.39, 0.29) is 6.04 Å². The van der Waals surface area contributed by atoms with Crippen LogP contribution in [-0.4, -0.2) is 46.0 Å². The normalized spacial score (nSPS) is 20.6. The Balaban J connectivity index is 1.95.